The first-order valence-electron chi connectivity index (χ1n) is 7.47. The molecule has 2 aliphatic heterocycles. The van der Waals surface area contributed by atoms with Crippen LogP contribution in [0.1, 0.15) is 12.5 Å². The maximum absolute atomic E-state index is 12.0. The van der Waals surface area contributed by atoms with E-state index in [1.54, 1.807) is 4.90 Å². The zero-order valence-corrected chi connectivity index (χ0v) is 12.5. The highest BCUT2D eigenvalue weighted by Crippen LogP contribution is 2.27. The first kappa shape index (κ1) is 14.4. The summed E-state index contributed by atoms with van der Waals surface area (Å²) in [6.07, 6.45) is -0.215. The minimum Gasteiger partial charge on any atom is -0.445 e. The van der Waals surface area contributed by atoms with E-state index in [2.05, 4.69) is 11.8 Å². The van der Waals surface area contributed by atoms with Crippen molar-refractivity contribution in [1.29, 1.82) is 0 Å². The summed E-state index contributed by atoms with van der Waals surface area (Å²) in [4.78, 5) is 16.2. The Labute approximate surface area is 125 Å². The summed E-state index contributed by atoms with van der Waals surface area (Å²) in [5, 5.41) is 0. The average molecular weight is 290 g/mol. The molecule has 5 heteroatoms. The lowest BCUT2D eigenvalue weighted by molar-refractivity contribution is 0.0661. The quantitative estimate of drug-likeness (QED) is 0.792. The number of carbonyl (C=O) groups is 1. The van der Waals surface area contributed by atoms with Crippen LogP contribution in [-0.4, -0.2) is 60.8 Å². The van der Waals surface area contributed by atoms with E-state index in [9.17, 15) is 4.79 Å². The highest BCUT2D eigenvalue weighted by molar-refractivity contribution is 5.67. The van der Waals surface area contributed by atoms with Crippen molar-refractivity contribution in [1.82, 2.24) is 9.80 Å². The molecule has 1 aromatic rings. The Morgan fingerprint density at radius 2 is 1.90 bits per heavy atom. The summed E-state index contributed by atoms with van der Waals surface area (Å²) >= 11 is 0. The third kappa shape index (κ3) is 3.95. The minimum absolute atomic E-state index is 0.0516. The topological polar surface area (TPSA) is 45.3 Å². The van der Waals surface area contributed by atoms with Crippen LogP contribution >= 0.6 is 0 Å². The molecule has 0 spiro atoms. The molecule has 1 atom stereocenters. The fourth-order valence-electron chi connectivity index (χ4n) is 2.59. The zero-order chi connectivity index (χ0) is 14.7. The Balaban J connectivity index is 1.40. The van der Waals surface area contributed by atoms with E-state index < -0.39 is 0 Å². The Kier molecular flexibility index (Phi) is 4.12. The lowest BCUT2D eigenvalue weighted by Crippen LogP contribution is -2.50. The van der Waals surface area contributed by atoms with E-state index >= 15 is 0 Å². The molecule has 0 aromatic heterocycles. The largest absolute Gasteiger partial charge is 0.445 e. The second kappa shape index (κ2) is 6.03. The fraction of sp³-hybridized carbons (Fsp3) is 0.562. The van der Waals surface area contributed by atoms with Crippen LogP contribution in [0, 0.1) is 0 Å². The molecule has 5 nitrogen and oxygen atoms in total. The summed E-state index contributed by atoms with van der Waals surface area (Å²) in [7, 11) is 0. The van der Waals surface area contributed by atoms with Crippen molar-refractivity contribution in [2.45, 2.75) is 19.1 Å². The van der Waals surface area contributed by atoms with Crippen LogP contribution in [0.3, 0.4) is 0 Å². The molecule has 21 heavy (non-hydrogen) atoms. The van der Waals surface area contributed by atoms with Crippen LogP contribution in [-0.2, 0) is 16.1 Å². The van der Waals surface area contributed by atoms with Crippen molar-refractivity contribution in [2.24, 2.45) is 0 Å². The average Bonchev–Trinajstić information content (AvgIpc) is 3.24. The number of amides is 1. The fourth-order valence-corrected chi connectivity index (χ4v) is 2.59. The molecule has 114 valence electrons. The van der Waals surface area contributed by atoms with Gasteiger partial charge in [0.2, 0.25) is 0 Å². The Morgan fingerprint density at radius 1 is 1.24 bits per heavy atom. The first-order chi connectivity index (χ1) is 10.1. The minimum atomic E-state index is -0.215. The van der Waals surface area contributed by atoms with E-state index in [4.69, 9.17) is 9.47 Å². The summed E-state index contributed by atoms with van der Waals surface area (Å²) in [5.74, 6) is 0. The highest BCUT2D eigenvalue weighted by Gasteiger charge is 2.41. The van der Waals surface area contributed by atoms with Gasteiger partial charge in [-0.15, -0.1) is 0 Å². The Hall–Kier alpha value is -1.59. The van der Waals surface area contributed by atoms with E-state index in [0.717, 1.165) is 44.9 Å². The van der Waals surface area contributed by atoms with Crippen molar-refractivity contribution < 1.29 is 14.3 Å². The number of nitrogens with zero attached hydrogens (tertiary/aromatic N) is 2. The standard InChI is InChI=1S/C16H22N2O3/c1-16(13-21-16)12-17-7-9-18(10-8-17)15(19)20-11-14-5-3-2-4-6-14/h2-6H,7-13H2,1H3. The number of benzene rings is 1. The van der Waals surface area contributed by atoms with Crippen molar-refractivity contribution in [2.75, 3.05) is 39.3 Å². The van der Waals surface area contributed by atoms with Gasteiger partial charge in [0.25, 0.3) is 0 Å². The van der Waals surface area contributed by atoms with E-state index in [-0.39, 0.29) is 11.7 Å². The number of epoxide rings is 1. The molecule has 0 N–H and O–H groups in total. The van der Waals surface area contributed by atoms with Gasteiger partial charge >= 0.3 is 6.09 Å². The Bertz CT molecular complexity index is 480. The van der Waals surface area contributed by atoms with E-state index in [1.165, 1.54) is 0 Å². The molecule has 1 aromatic carbocycles. The van der Waals surface area contributed by atoms with Gasteiger partial charge in [-0.2, -0.15) is 0 Å². The molecule has 0 radical (unpaired) electrons. The maximum Gasteiger partial charge on any atom is 0.410 e. The van der Waals surface area contributed by atoms with Gasteiger partial charge in [0, 0.05) is 32.7 Å². The molecule has 1 amide bonds. The van der Waals surface area contributed by atoms with Crippen LogP contribution in [0.4, 0.5) is 4.79 Å². The van der Waals surface area contributed by atoms with Crippen LogP contribution in [0.15, 0.2) is 30.3 Å². The van der Waals surface area contributed by atoms with Gasteiger partial charge < -0.3 is 14.4 Å². The predicted molar refractivity (Wildman–Crippen MR) is 79.0 cm³/mol. The van der Waals surface area contributed by atoms with Gasteiger partial charge in [0.05, 0.1) is 6.61 Å². The van der Waals surface area contributed by atoms with Gasteiger partial charge in [-0.05, 0) is 12.5 Å². The third-order valence-corrected chi connectivity index (χ3v) is 4.03. The predicted octanol–water partition coefficient (Wildman–Crippen LogP) is 1.73. The SMILES string of the molecule is CC1(CN2CCN(C(=O)OCc3ccccc3)CC2)CO1. The van der Waals surface area contributed by atoms with Crippen molar-refractivity contribution in [3.63, 3.8) is 0 Å². The second-order valence-electron chi connectivity index (χ2n) is 6.04. The lowest BCUT2D eigenvalue weighted by Gasteiger charge is -2.34. The van der Waals surface area contributed by atoms with Gasteiger partial charge in [-0.25, -0.2) is 4.79 Å². The molecule has 2 heterocycles. The van der Waals surface area contributed by atoms with Crippen LogP contribution < -0.4 is 0 Å². The summed E-state index contributed by atoms with van der Waals surface area (Å²) in [5.41, 5.74) is 1.07. The molecule has 0 aliphatic carbocycles. The summed E-state index contributed by atoms with van der Waals surface area (Å²) in [6, 6.07) is 9.77. The lowest BCUT2D eigenvalue weighted by atomic mass is 10.2. The van der Waals surface area contributed by atoms with Gasteiger partial charge in [-0.1, -0.05) is 30.3 Å². The monoisotopic (exact) mass is 290 g/mol. The van der Waals surface area contributed by atoms with Crippen LogP contribution in [0.5, 0.6) is 0 Å². The zero-order valence-electron chi connectivity index (χ0n) is 12.5. The smallest absolute Gasteiger partial charge is 0.410 e. The summed E-state index contributed by atoms with van der Waals surface area (Å²) in [6.45, 7) is 7.51. The molecule has 2 aliphatic rings. The highest BCUT2D eigenvalue weighted by atomic mass is 16.6. The van der Waals surface area contributed by atoms with Crippen molar-refractivity contribution in [3.8, 4) is 0 Å². The van der Waals surface area contributed by atoms with Crippen LogP contribution in [0.25, 0.3) is 0 Å². The third-order valence-electron chi connectivity index (χ3n) is 4.03. The van der Waals surface area contributed by atoms with E-state index in [0.29, 0.717) is 6.61 Å². The van der Waals surface area contributed by atoms with Crippen LogP contribution in [0.2, 0.25) is 0 Å². The summed E-state index contributed by atoms with van der Waals surface area (Å²) < 4.78 is 10.8. The Morgan fingerprint density at radius 3 is 2.52 bits per heavy atom. The number of rotatable bonds is 4. The number of hydrogen-bond donors (Lipinski definition) is 0. The molecule has 0 bridgehead atoms. The van der Waals surface area contributed by atoms with Gasteiger partial charge in [0.15, 0.2) is 0 Å². The van der Waals surface area contributed by atoms with Gasteiger partial charge in [-0.3, -0.25) is 4.90 Å². The number of ether oxygens (including phenoxy) is 2. The van der Waals surface area contributed by atoms with E-state index in [1.807, 2.05) is 30.3 Å². The van der Waals surface area contributed by atoms with Crippen molar-refractivity contribution >= 4 is 6.09 Å². The number of carbonyl (C=O) groups excluding carboxylic acids is 1. The second-order valence-corrected chi connectivity index (χ2v) is 6.04. The molecule has 2 fully saturated rings. The number of hydrogen-bond acceptors (Lipinski definition) is 4. The molecule has 1 unspecified atom stereocenters. The van der Waals surface area contributed by atoms with Crippen molar-refractivity contribution in [3.05, 3.63) is 35.9 Å². The maximum atomic E-state index is 12.0. The first-order valence-corrected chi connectivity index (χ1v) is 7.47. The molecule has 2 saturated heterocycles. The molecule has 3 rings (SSSR count). The molecular formula is C16H22N2O3. The normalized spacial score (nSPS) is 25.7. The molecular weight excluding hydrogens is 268 g/mol. The number of piperazine rings is 1. The molecule has 0 saturated carbocycles. The van der Waals surface area contributed by atoms with Gasteiger partial charge in [0.1, 0.15) is 12.2 Å².